The van der Waals surface area contributed by atoms with Crippen molar-refractivity contribution < 1.29 is 90.0 Å². The second kappa shape index (κ2) is 38.4. The van der Waals surface area contributed by atoms with Crippen molar-refractivity contribution in [2.45, 2.75) is 215 Å². The summed E-state index contributed by atoms with van der Waals surface area (Å²) < 4.78 is 0. The van der Waals surface area contributed by atoms with Gasteiger partial charge in [-0.05, 0) is 118 Å². The number of aromatic nitrogens is 3. The molecule has 103 heavy (non-hydrogen) atoms. The minimum Gasteiger partial charge on any atom is -0.512 e. The van der Waals surface area contributed by atoms with Crippen molar-refractivity contribution in [3.05, 3.63) is 229 Å². The van der Waals surface area contributed by atoms with Crippen LogP contribution in [0.2, 0.25) is 0 Å². The number of rotatable bonds is 6. The third-order valence-electron chi connectivity index (χ3n) is 16.7. The average Bonchev–Trinajstić information content (AvgIpc) is 0.783. The fourth-order valence-electron chi connectivity index (χ4n) is 10.1. The summed E-state index contributed by atoms with van der Waals surface area (Å²) in [5.41, 5.74) is 23.3. The number of hydrogen-bond acceptors (Lipinski definition) is 9. The quantitative estimate of drug-likeness (QED) is 0.0840. The van der Waals surface area contributed by atoms with Gasteiger partial charge in [-0.2, -0.15) is 0 Å². The smallest absolute Gasteiger partial charge is 0.164 e. The molecule has 3 radical (unpaired) electrons. The summed E-state index contributed by atoms with van der Waals surface area (Å²) in [5, 5.41) is 32.4. The van der Waals surface area contributed by atoms with E-state index in [1.807, 2.05) is 125 Å². The number of nitrogens with zero attached hydrogens (tertiary/aromatic N) is 3. The molecule has 9 aromatic rings. The van der Waals surface area contributed by atoms with Crippen LogP contribution in [0.15, 0.2) is 139 Å². The molecule has 0 aliphatic carbocycles. The molecule has 9 rings (SSSR count). The van der Waals surface area contributed by atoms with Gasteiger partial charge in [0, 0.05) is 127 Å². The summed E-state index contributed by atoms with van der Waals surface area (Å²) in [4.78, 5) is 49.0. The van der Waals surface area contributed by atoms with E-state index >= 15 is 0 Å². The van der Waals surface area contributed by atoms with Crippen LogP contribution in [0, 0.1) is 141 Å². The van der Waals surface area contributed by atoms with Crippen LogP contribution < -0.4 is 0 Å². The summed E-state index contributed by atoms with van der Waals surface area (Å²) in [6, 6.07) is 46.7. The fourth-order valence-corrected chi connectivity index (χ4v) is 10.1. The summed E-state index contributed by atoms with van der Waals surface area (Å²) in [7, 11) is 0. The minimum atomic E-state index is -0.417. The van der Waals surface area contributed by atoms with Crippen molar-refractivity contribution >= 4 is 50.1 Å². The summed E-state index contributed by atoms with van der Waals surface area (Å²) in [6.45, 7) is 61.0. The molecule has 0 bridgehead atoms. The Bertz CT molecular complexity index is 4360. The number of aliphatic hydroxyl groups is 3. The number of carbonyl (C=O) groups excluding carboxylic acids is 3. The molecule has 0 fully saturated rings. The van der Waals surface area contributed by atoms with Crippen molar-refractivity contribution in [1.82, 2.24) is 15.0 Å². The molecule has 0 aliphatic rings. The first-order chi connectivity index (χ1) is 45.7. The van der Waals surface area contributed by atoms with E-state index in [0.29, 0.717) is 0 Å². The molecular weight excluding hydrogens is 1810 g/mol. The van der Waals surface area contributed by atoms with E-state index in [4.69, 9.17) is 15.0 Å². The first-order valence-electron chi connectivity index (χ1n) is 34.7. The van der Waals surface area contributed by atoms with E-state index in [0.717, 1.165) is 67.0 Å². The normalized spacial score (nSPS) is 12.0. The molecule has 3 N–H and O–H groups in total. The number of allylic oxidation sites excluding steroid dienone is 6. The van der Waals surface area contributed by atoms with Gasteiger partial charge in [0.2, 0.25) is 0 Å². The zero-order chi connectivity index (χ0) is 76.3. The van der Waals surface area contributed by atoms with Crippen LogP contribution in [0.3, 0.4) is 0 Å². The van der Waals surface area contributed by atoms with E-state index in [2.05, 4.69) is 211 Å². The van der Waals surface area contributed by atoms with Crippen LogP contribution in [0.25, 0.3) is 66.5 Å². The van der Waals surface area contributed by atoms with E-state index < -0.39 is 16.2 Å². The molecule has 9 nitrogen and oxygen atoms in total. The van der Waals surface area contributed by atoms with Crippen LogP contribution >= 0.6 is 0 Å². The Kier molecular flexibility index (Phi) is 35.1. The molecule has 3 heterocycles. The van der Waals surface area contributed by atoms with Crippen molar-refractivity contribution in [2.75, 3.05) is 0 Å². The van der Waals surface area contributed by atoms with Crippen LogP contribution in [0.5, 0.6) is 0 Å². The van der Waals surface area contributed by atoms with E-state index in [-0.39, 0.29) is 111 Å². The zero-order valence-corrected chi connectivity index (χ0v) is 74.6. The predicted molar refractivity (Wildman–Crippen MR) is 424 cm³/mol. The predicted octanol–water partition coefficient (Wildman–Crippen LogP) is 24.4. The maximum atomic E-state index is 11.5. The molecule has 6 aromatic carbocycles. The largest absolute Gasteiger partial charge is 0.512 e. The molecule has 561 valence electrons. The minimum absolute atomic E-state index is 0. The summed E-state index contributed by atoms with van der Waals surface area (Å²) >= 11 is 0. The van der Waals surface area contributed by atoms with Gasteiger partial charge in [-0.1, -0.05) is 220 Å². The number of benzene rings is 6. The third kappa shape index (κ3) is 28.8. The molecule has 0 saturated heterocycles. The zero-order valence-electron chi connectivity index (χ0n) is 67.5. The van der Waals surface area contributed by atoms with Gasteiger partial charge in [0.15, 0.2) is 17.3 Å². The third-order valence-corrected chi connectivity index (χ3v) is 16.7. The fraction of sp³-hybridized carbons (Fsp3) is 0.407. The molecule has 0 spiro atoms. The molecule has 0 amide bonds. The first kappa shape index (κ1) is 94.1. The monoisotopic (exact) mass is 1930 g/mol. The van der Waals surface area contributed by atoms with Gasteiger partial charge in [-0.3, -0.25) is 29.3 Å². The maximum Gasteiger partial charge on any atom is 0.164 e. The maximum absolute atomic E-state index is 11.5. The van der Waals surface area contributed by atoms with Crippen molar-refractivity contribution in [3.8, 4) is 33.8 Å². The van der Waals surface area contributed by atoms with Gasteiger partial charge >= 0.3 is 0 Å². The molecule has 12 heteroatoms. The summed E-state index contributed by atoms with van der Waals surface area (Å²) in [5.74, 6) is 0.312. The Morgan fingerprint density at radius 1 is 0.330 bits per heavy atom. The SMILES string of the molecule is CC(C)(C)C(=O)C=C(O)C(C)(C)C.CC(C)(C)C(=O)C=C(O)C(C)(C)C.CC(C)(C)C(=O)C=C(O)C(C)(C)C.Cc1[c-]c(-c2cc(C)c3cc(C)ccc3n2)cc(C)c1.Cc1[c-]c(-c2cc(C)c3ccc(C)cc3n2)cc(C)c1.Cc1[c-]c(-c2nc3cccc(C)c3c(C)c2C)cc(C)c1.[Ir].[Ir].[Ir]. The van der Waals surface area contributed by atoms with Crippen molar-refractivity contribution in [2.24, 2.45) is 32.5 Å². The van der Waals surface area contributed by atoms with E-state index in [9.17, 15) is 29.7 Å². The van der Waals surface area contributed by atoms with Crippen LogP contribution in [0.1, 0.15) is 197 Å². The number of aryl methyl sites for hydroxylation is 12. The second-order valence-corrected chi connectivity index (χ2v) is 33.3. The Morgan fingerprint density at radius 3 is 1.06 bits per heavy atom. The van der Waals surface area contributed by atoms with Gasteiger partial charge in [-0.15, -0.1) is 105 Å². The number of carbonyl (C=O) groups is 3. The average molecular weight is 1920 g/mol. The van der Waals surface area contributed by atoms with Gasteiger partial charge in [0.1, 0.15) is 17.3 Å². The Labute approximate surface area is 659 Å². The molecule has 0 atom stereocenters. The molecule has 3 aromatic heterocycles. The molecule has 0 aliphatic heterocycles. The molecule has 0 saturated carbocycles. The molecular formula is C91H116Ir3N3O6-3. The van der Waals surface area contributed by atoms with Crippen molar-refractivity contribution in [3.63, 3.8) is 0 Å². The Balaban J connectivity index is 0.000000623. The van der Waals surface area contributed by atoms with Crippen LogP contribution in [-0.2, 0) is 74.7 Å². The number of pyridine rings is 3. The van der Waals surface area contributed by atoms with Crippen molar-refractivity contribution in [1.29, 1.82) is 0 Å². The standard InChI is InChI=1S/C20H20N.2C19H18N.3C11H20O2.3Ir/c1-12-9-13(2)11-17(10-12)20-16(5)15(4)19-14(3)7-6-8-18(19)21-20;1-12-5-6-18-17(10-12)15(4)11-19(20-18)16-8-13(2)7-14(3)9-16;1-12-5-6-17-15(4)11-18(20-19(17)10-12)16-8-13(2)7-14(3)9-16;3*1-10(2,3)8(12)7-9(13)11(4,5)6;;;/h6-10H,1-5H3;2*5-8,10-11H,1-4H3;3*7,12H,1-6H3;;;/q3*-1;;;;;;. The Morgan fingerprint density at radius 2 is 0.680 bits per heavy atom. The number of ketones is 3. The second-order valence-electron chi connectivity index (χ2n) is 33.3. The first-order valence-corrected chi connectivity index (χ1v) is 34.7. The number of aliphatic hydroxyl groups excluding tert-OH is 3. The van der Waals surface area contributed by atoms with Gasteiger partial charge in [0.25, 0.3) is 0 Å². The number of hydrogen-bond donors (Lipinski definition) is 3. The number of fused-ring (bicyclic) bond motifs is 3. The topological polar surface area (TPSA) is 151 Å². The van der Waals surface area contributed by atoms with E-state index in [1.165, 1.54) is 90.0 Å². The van der Waals surface area contributed by atoms with Crippen LogP contribution in [-0.4, -0.2) is 47.6 Å². The van der Waals surface area contributed by atoms with Crippen LogP contribution in [0.4, 0.5) is 0 Å². The van der Waals surface area contributed by atoms with Gasteiger partial charge < -0.3 is 15.3 Å². The molecule has 0 unspecified atom stereocenters. The Hall–Kier alpha value is -6.87. The van der Waals surface area contributed by atoms with Gasteiger partial charge in [-0.25, -0.2) is 0 Å². The summed E-state index contributed by atoms with van der Waals surface area (Å²) in [6.07, 6.45) is 4.00. The van der Waals surface area contributed by atoms with E-state index in [1.54, 1.807) is 0 Å². The van der Waals surface area contributed by atoms with Gasteiger partial charge in [0.05, 0.1) is 16.6 Å².